The largest absolute Gasteiger partial charge is 0.397 e. The number of hydrogen-bond donors (Lipinski definition) is 2. The van der Waals surface area contributed by atoms with E-state index in [1.807, 2.05) is 11.5 Å². The fourth-order valence-electron chi connectivity index (χ4n) is 1.52. The lowest BCUT2D eigenvalue weighted by atomic mass is 9.90. The fraction of sp³-hybridized carbons (Fsp3) is 0.615. The van der Waals surface area contributed by atoms with Crippen LogP contribution >= 0.6 is 0 Å². The number of carbonyl (C=O) groups excluding carboxylic acids is 1. The van der Waals surface area contributed by atoms with E-state index in [2.05, 4.69) is 26.1 Å². The first-order valence-corrected chi connectivity index (χ1v) is 6.13. The number of nitrogens with one attached hydrogen (secondary N) is 1. The zero-order valence-electron chi connectivity index (χ0n) is 11.2. The van der Waals surface area contributed by atoms with Gasteiger partial charge in [0.15, 0.2) is 0 Å². The SMILES string of the molecule is CCn1cc(N)cc1C(=O)NCC(C)(C)CC. The molecule has 0 aromatic carbocycles. The van der Waals surface area contributed by atoms with E-state index in [0.29, 0.717) is 17.9 Å². The molecule has 0 aliphatic carbocycles. The summed E-state index contributed by atoms with van der Waals surface area (Å²) in [4.78, 5) is 12.0. The van der Waals surface area contributed by atoms with Gasteiger partial charge in [0.25, 0.3) is 5.91 Å². The number of aryl methyl sites for hydroxylation is 1. The van der Waals surface area contributed by atoms with Crippen LogP contribution < -0.4 is 11.1 Å². The molecule has 0 unspecified atom stereocenters. The number of nitrogens with two attached hydrogens (primary N) is 1. The lowest BCUT2D eigenvalue weighted by molar-refractivity contribution is 0.0926. The second-order valence-corrected chi connectivity index (χ2v) is 5.15. The fourth-order valence-corrected chi connectivity index (χ4v) is 1.52. The van der Waals surface area contributed by atoms with Gasteiger partial charge < -0.3 is 15.6 Å². The van der Waals surface area contributed by atoms with E-state index in [4.69, 9.17) is 5.73 Å². The Morgan fingerprint density at radius 3 is 2.65 bits per heavy atom. The van der Waals surface area contributed by atoms with Crippen molar-refractivity contribution in [3.8, 4) is 0 Å². The summed E-state index contributed by atoms with van der Waals surface area (Å²) in [6.07, 6.45) is 2.82. The van der Waals surface area contributed by atoms with E-state index in [0.717, 1.165) is 13.0 Å². The van der Waals surface area contributed by atoms with Crippen LogP contribution in [0.4, 0.5) is 5.69 Å². The van der Waals surface area contributed by atoms with Crippen LogP contribution in [0.25, 0.3) is 0 Å². The topological polar surface area (TPSA) is 60.0 Å². The van der Waals surface area contributed by atoms with Crippen LogP contribution in [0.3, 0.4) is 0 Å². The number of amides is 1. The average Bonchev–Trinajstić information content (AvgIpc) is 2.67. The molecule has 17 heavy (non-hydrogen) atoms. The van der Waals surface area contributed by atoms with Crippen LogP contribution in [-0.2, 0) is 6.54 Å². The Bertz CT molecular complexity index is 393. The lowest BCUT2D eigenvalue weighted by Gasteiger charge is -2.22. The number of nitrogens with zero attached hydrogens (tertiary/aromatic N) is 1. The molecule has 0 aliphatic heterocycles. The van der Waals surface area contributed by atoms with Gasteiger partial charge >= 0.3 is 0 Å². The summed E-state index contributed by atoms with van der Waals surface area (Å²) in [6, 6.07) is 1.72. The smallest absolute Gasteiger partial charge is 0.268 e. The summed E-state index contributed by atoms with van der Waals surface area (Å²) in [6.45, 7) is 9.82. The molecule has 4 heteroatoms. The van der Waals surface area contributed by atoms with Crippen molar-refractivity contribution in [3.63, 3.8) is 0 Å². The van der Waals surface area contributed by atoms with Gasteiger partial charge in [0.1, 0.15) is 5.69 Å². The molecule has 3 N–H and O–H groups in total. The molecular weight excluding hydrogens is 214 g/mol. The standard InChI is InChI=1S/C13H23N3O/c1-5-13(3,4)9-15-12(17)11-7-10(14)8-16(11)6-2/h7-8H,5-6,9,14H2,1-4H3,(H,15,17). The van der Waals surface area contributed by atoms with Gasteiger partial charge in [-0.3, -0.25) is 4.79 Å². The Morgan fingerprint density at radius 2 is 2.12 bits per heavy atom. The summed E-state index contributed by atoms with van der Waals surface area (Å²) in [5.74, 6) is -0.0509. The lowest BCUT2D eigenvalue weighted by Crippen LogP contribution is -2.34. The monoisotopic (exact) mass is 237 g/mol. The molecule has 0 radical (unpaired) electrons. The second-order valence-electron chi connectivity index (χ2n) is 5.15. The average molecular weight is 237 g/mol. The zero-order chi connectivity index (χ0) is 13.1. The van der Waals surface area contributed by atoms with Gasteiger partial charge in [-0.05, 0) is 24.8 Å². The second kappa shape index (κ2) is 5.25. The van der Waals surface area contributed by atoms with E-state index in [-0.39, 0.29) is 11.3 Å². The Morgan fingerprint density at radius 1 is 1.47 bits per heavy atom. The molecule has 96 valence electrons. The maximum absolute atomic E-state index is 12.0. The number of anilines is 1. The van der Waals surface area contributed by atoms with Crippen molar-refractivity contribution in [3.05, 3.63) is 18.0 Å². The maximum Gasteiger partial charge on any atom is 0.268 e. The Kier molecular flexibility index (Phi) is 4.21. The highest BCUT2D eigenvalue weighted by atomic mass is 16.1. The number of aromatic nitrogens is 1. The molecule has 1 amide bonds. The van der Waals surface area contributed by atoms with Crippen LogP contribution in [0.1, 0.15) is 44.6 Å². The van der Waals surface area contributed by atoms with Gasteiger partial charge in [-0.15, -0.1) is 0 Å². The minimum absolute atomic E-state index is 0.0509. The van der Waals surface area contributed by atoms with Crippen LogP contribution in [-0.4, -0.2) is 17.0 Å². The summed E-state index contributed by atoms with van der Waals surface area (Å²) in [5.41, 5.74) is 7.10. The molecule has 0 bridgehead atoms. The minimum atomic E-state index is -0.0509. The Labute approximate surface area is 103 Å². The van der Waals surface area contributed by atoms with Gasteiger partial charge in [0, 0.05) is 19.3 Å². The van der Waals surface area contributed by atoms with Crippen LogP contribution in [0.15, 0.2) is 12.3 Å². The number of rotatable bonds is 5. The first-order valence-electron chi connectivity index (χ1n) is 6.13. The van der Waals surface area contributed by atoms with Crippen molar-refractivity contribution in [1.29, 1.82) is 0 Å². The van der Waals surface area contributed by atoms with Gasteiger partial charge in [0.05, 0.1) is 5.69 Å². The Balaban J connectivity index is 2.70. The molecule has 4 nitrogen and oxygen atoms in total. The predicted octanol–water partition coefficient (Wildman–Crippen LogP) is 2.26. The summed E-state index contributed by atoms with van der Waals surface area (Å²) >= 11 is 0. The molecule has 0 atom stereocenters. The summed E-state index contributed by atoms with van der Waals surface area (Å²) in [7, 11) is 0. The third kappa shape index (κ3) is 3.51. The molecule has 1 rings (SSSR count). The van der Waals surface area contributed by atoms with E-state index >= 15 is 0 Å². The molecule has 0 fully saturated rings. The number of nitrogen functional groups attached to an aromatic ring is 1. The third-order valence-electron chi connectivity index (χ3n) is 3.18. The normalized spacial score (nSPS) is 11.5. The molecule has 0 saturated carbocycles. The highest BCUT2D eigenvalue weighted by molar-refractivity contribution is 5.93. The maximum atomic E-state index is 12.0. The van der Waals surface area contributed by atoms with Gasteiger partial charge in [0.2, 0.25) is 0 Å². The molecule has 1 aromatic rings. The summed E-state index contributed by atoms with van der Waals surface area (Å²) in [5, 5.41) is 2.96. The van der Waals surface area contributed by atoms with E-state index in [9.17, 15) is 4.79 Å². The van der Waals surface area contributed by atoms with Crippen molar-refractivity contribution >= 4 is 11.6 Å². The Hall–Kier alpha value is -1.45. The van der Waals surface area contributed by atoms with Crippen molar-refractivity contribution in [2.75, 3.05) is 12.3 Å². The van der Waals surface area contributed by atoms with Gasteiger partial charge in [-0.1, -0.05) is 20.8 Å². The minimum Gasteiger partial charge on any atom is -0.397 e. The van der Waals surface area contributed by atoms with Crippen molar-refractivity contribution < 1.29 is 4.79 Å². The van der Waals surface area contributed by atoms with Gasteiger partial charge in [-0.2, -0.15) is 0 Å². The molecule has 0 spiro atoms. The highest BCUT2D eigenvalue weighted by Crippen LogP contribution is 2.18. The van der Waals surface area contributed by atoms with Crippen molar-refractivity contribution in [2.45, 2.75) is 40.7 Å². The molecule has 0 saturated heterocycles. The van der Waals surface area contributed by atoms with Crippen LogP contribution in [0, 0.1) is 5.41 Å². The number of hydrogen-bond acceptors (Lipinski definition) is 2. The molecular formula is C13H23N3O. The van der Waals surface area contributed by atoms with Crippen molar-refractivity contribution in [1.82, 2.24) is 9.88 Å². The van der Waals surface area contributed by atoms with Crippen LogP contribution in [0.2, 0.25) is 0 Å². The summed E-state index contributed by atoms with van der Waals surface area (Å²) < 4.78 is 1.86. The van der Waals surface area contributed by atoms with E-state index in [1.165, 1.54) is 0 Å². The van der Waals surface area contributed by atoms with Crippen LogP contribution in [0.5, 0.6) is 0 Å². The zero-order valence-corrected chi connectivity index (χ0v) is 11.2. The first-order chi connectivity index (χ1) is 7.89. The van der Waals surface area contributed by atoms with Gasteiger partial charge in [-0.25, -0.2) is 0 Å². The third-order valence-corrected chi connectivity index (χ3v) is 3.18. The molecule has 1 aromatic heterocycles. The first kappa shape index (κ1) is 13.6. The molecule has 0 aliphatic rings. The predicted molar refractivity (Wildman–Crippen MR) is 70.9 cm³/mol. The van der Waals surface area contributed by atoms with E-state index < -0.39 is 0 Å². The quantitative estimate of drug-likeness (QED) is 0.825. The highest BCUT2D eigenvalue weighted by Gasteiger charge is 2.18. The number of carbonyl (C=O) groups is 1. The van der Waals surface area contributed by atoms with E-state index in [1.54, 1.807) is 12.3 Å². The van der Waals surface area contributed by atoms with Crippen molar-refractivity contribution in [2.24, 2.45) is 5.41 Å². The molecule has 1 heterocycles.